The zero-order valence-corrected chi connectivity index (χ0v) is 12.0. The first-order valence-electron chi connectivity index (χ1n) is 6.37. The van der Waals surface area contributed by atoms with E-state index in [1.165, 1.54) is 0 Å². The van der Waals surface area contributed by atoms with Gasteiger partial charge in [-0.25, -0.2) is 8.42 Å². The number of hydrogen-bond acceptors (Lipinski definition) is 6. The zero-order valence-electron chi connectivity index (χ0n) is 11.2. The second-order valence-electron chi connectivity index (χ2n) is 4.43. The standard InChI is InChI=1S/C13H17NO5S/c1-2-20(16,17)7-3-6-18-10-4-5-11-12(14-15)9-19-13(11)8-10/h4-5,8,15H,2-3,6-7,9H2,1H3. The molecule has 1 aliphatic heterocycles. The highest BCUT2D eigenvalue weighted by molar-refractivity contribution is 7.91. The number of nitrogens with zero attached hydrogens (tertiary/aromatic N) is 1. The summed E-state index contributed by atoms with van der Waals surface area (Å²) in [4.78, 5) is 0. The summed E-state index contributed by atoms with van der Waals surface area (Å²) in [5, 5.41) is 11.9. The van der Waals surface area contributed by atoms with Crippen LogP contribution >= 0.6 is 0 Å². The summed E-state index contributed by atoms with van der Waals surface area (Å²) < 4.78 is 33.5. The molecule has 1 aromatic carbocycles. The van der Waals surface area contributed by atoms with E-state index in [9.17, 15) is 8.42 Å². The van der Waals surface area contributed by atoms with Gasteiger partial charge in [0.1, 0.15) is 33.7 Å². The smallest absolute Gasteiger partial charge is 0.150 e. The summed E-state index contributed by atoms with van der Waals surface area (Å²) in [6.45, 7) is 2.21. The SMILES string of the molecule is CCS(=O)(=O)CCCOc1ccc2c(c1)OCC2=NO. The molecular formula is C13H17NO5S. The zero-order chi connectivity index (χ0) is 14.6. The molecule has 0 saturated heterocycles. The van der Waals surface area contributed by atoms with Crippen molar-refractivity contribution in [2.45, 2.75) is 13.3 Å². The lowest BCUT2D eigenvalue weighted by Gasteiger charge is -2.07. The molecule has 1 aliphatic rings. The molecule has 1 heterocycles. The lowest BCUT2D eigenvalue weighted by atomic mass is 10.1. The van der Waals surface area contributed by atoms with Gasteiger partial charge in [-0.3, -0.25) is 0 Å². The van der Waals surface area contributed by atoms with Crippen molar-refractivity contribution in [1.82, 2.24) is 0 Å². The molecule has 0 atom stereocenters. The van der Waals surface area contributed by atoms with Crippen LogP contribution in [-0.4, -0.2) is 44.1 Å². The van der Waals surface area contributed by atoms with E-state index in [1.807, 2.05) is 0 Å². The quantitative estimate of drug-likeness (QED) is 0.488. The number of hydrogen-bond donors (Lipinski definition) is 1. The molecule has 1 N–H and O–H groups in total. The van der Waals surface area contributed by atoms with Crippen LogP contribution in [0.1, 0.15) is 18.9 Å². The largest absolute Gasteiger partial charge is 0.493 e. The van der Waals surface area contributed by atoms with E-state index in [0.717, 1.165) is 5.56 Å². The van der Waals surface area contributed by atoms with Crippen LogP contribution in [0, 0.1) is 0 Å². The third-order valence-electron chi connectivity index (χ3n) is 3.06. The van der Waals surface area contributed by atoms with Crippen LogP contribution in [0.2, 0.25) is 0 Å². The Hall–Kier alpha value is -1.76. The van der Waals surface area contributed by atoms with Crippen LogP contribution in [-0.2, 0) is 9.84 Å². The van der Waals surface area contributed by atoms with Crippen LogP contribution in [0.3, 0.4) is 0 Å². The van der Waals surface area contributed by atoms with Crippen molar-refractivity contribution in [3.63, 3.8) is 0 Å². The predicted octanol–water partition coefficient (Wildman–Crippen LogP) is 1.46. The van der Waals surface area contributed by atoms with Crippen molar-refractivity contribution < 1.29 is 23.1 Å². The summed E-state index contributed by atoms with van der Waals surface area (Å²) in [5.74, 6) is 1.50. The topological polar surface area (TPSA) is 85.2 Å². The number of ether oxygens (including phenoxy) is 2. The highest BCUT2D eigenvalue weighted by Gasteiger charge is 2.20. The first-order chi connectivity index (χ1) is 9.55. The monoisotopic (exact) mass is 299 g/mol. The molecule has 0 bridgehead atoms. The molecule has 0 amide bonds. The van der Waals surface area contributed by atoms with E-state index in [0.29, 0.717) is 30.2 Å². The molecule has 7 heteroatoms. The van der Waals surface area contributed by atoms with E-state index in [4.69, 9.17) is 14.7 Å². The maximum atomic E-state index is 11.3. The fraction of sp³-hybridized carbons (Fsp3) is 0.462. The molecule has 0 radical (unpaired) electrons. The Kier molecular flexibility index (Phi) is 4.49. The van der Waals surface area contributed by atoms with Crippen molar-refractivity contribution in [3.05, 3.63) is 23.8 Å². The van der Waals surface area contributed by atoms with Crippen LogP contribution in [0.4, 0.5) is 0 Å². The molecule has 6 nitrogen and oxygen atoms in total. The Balaban J connectivity index is 1.89. The van der Waals surface area contributed by atoms with E-state index >= 15 is 0 Å². The molecule has 0 spiro atoms. The summed E-state index contributed by atoms with van der Waals surface area (Å²) in [5.41, 5.74) is 1.23. The van der Waals surface area contributed by atoms with Gasteiger partial charge in [0.05, 0.1) is 12.4 Å². The molecule has 0 saturated carbocycles. The predicted molar refractivity (Wildman–Crippen MR) is 74.7 cm³/mol. The number of benzene rings is 1. The highest BCUT2D eigenvalue weighted by Crippen LogP contribution is 2.29. The second-order valence-corrected chi connectivity index (χ2v) is 6.90. The van der Waals surface area contributed by atoms with Crippen molar-refractivity contribution in [2.24, 2.45) is 5.16 Å². The molecule has 0 unspecified atom stereocenters. The van der Waals surface area contributed by atoms with Gasteiger partial charge in [0, 0.05) is 17.4 Å². The van der Waals surface area contributed by atoms with Gasteiger partial charge in [0.25, 0.3) is 0 Å². The van der Waals surface area contributed by atoms with Gasteiger partial charge in [-0.2, -0.15) is 0 Å². The van der Waals surface area contributed by atoms with E-state index in [2.05, 4.69) is 5.16 Å². The third kappa shape index (κ3) is 3.41. The number of sulfone groups is 1. The normalized spacial score (nSPS) is 15.9. The maximum absolute atomic E-state index is 11.3. The van der Waals surface area contributed by atoms with Gasteiger partial charge in [0.2, 0.25) is 0 Å². The lowest BCUT2D eigenvalue weighted by molar-refractivity contribution is 0.310. The molecule has 0 aliphatic carbocycles. The average molecular weight is 299 g/mol. The van der Waals surface area contributed by atoms with E-state index in [1.54, 1.807) is 25.1 Å². The Bertz CT molecular complexity index is 609. The molecule has 0 fully saturated rings. The fourth-order valence-corrected chi connectivity index (χ4v) is 2.72. The van der Waals surface area contributed by atoms with Gasteiger partial charge >= 0.3 is 0 Å². The second kappa shape index (κ2) is 6.13. The summed E-state index contributed by atoms with van der Waals surface area (Å²) in [6, 6.07) is 5.21. The van der Waals surface area contributed by atoms with Gasteiger partial charge in [-0.05, 0) is 18.6 Å². The Labute approximate surface area is 117 Å². The third-order valence-corrected chi connectivity index (χ3v) is 4.85. The fourth-order valence-electron chi connectivity index (χ4n) is 1.87. The van der Waals surface area contributed by atoms with Crippen molar-refractivity contribution in [2.75, 3.05) is 24.7 Å². The first kappa shape index (κ1) is 14.6. The maximum Gasteiger partial charge on any atom is 0.150 e. The molecule has 110 valence electrons. The van der Waals surface area contributed by atoms with Crippen LogP contribution in [0.15, 0.2) is 23.4 Å². The molecule has 2 rings (SSSR count). The summed E-state index contributed by atoms with van der Waals surface area (Å²) in [6.07, 6.45) is 0.456. The molecule has 1 aromatic rings. The Morgan fingerprint density at radius 1 is 1.45 bits per heavy atom. The van der Waals surface area contributed by atoms with Crippen molar-refractivity contribution in [1.29, 1.82) is 0 Å². The Morgan fingerprint density at radius 2 is 2.25 bits per heavy atom. The average Bonchev–Trinajstić information content (AvgIpc) is 2.86. The van der Waals surface area contributed by atoms with Crippen LogP contribution in [0.5, 0.6) is 11.5 Å². The van der Waals surface area contributed by atoms with Gasteiger partial charge in [-0.15, -0.1) is 0 Å². The summed E-state index contributed by atoms with van der Waals surface area (Å²) >= 11 is 0. The van der Waals surface area contributed by atoms with Crippen LogP contribution in [0.25, 0.3) is 0 Å². The minimum absolute atomic E-state index is 0.131. The Morgan fingerprint density at radius 3 is 2.95 bits per heavy atom. The molecular weight excluding hydrogens is 282 g/mol. The number of fused-ring (bicyclic) bond motifs is 1. The van der Waals surface area contributed by atoms with Crippen molar-refractivity contribution >= 4 is 15.5 Å². The number of oxime groups is 1. The number of rotatable bonds is 6. The highest BCUT2D eigenvalue weighted by atomic mass is 32.2. The van der Waals surface area contributed by atoms with Crippen molar-refractivity contribution in [3.8, 4) is 11.5 Å². The van der Waals surface area contributed by atoms with Gasteiger partial charge < -0.3 is 14.7 Å². The minimum atomic E-state index is -2.94. The molecule has 20 heavy (non-hydrogen) atoms. The summed E-state index contributed by atoms with van der Waals surface area (Å²) in [7, 11) is -2.94. The molecule has 0 aromatic heterocycles. The minimum Gasteiger partial charge on any atom is -0.493 e. The van der Waals surface area contributed by atoms with E-state index in [-0.39, 0.29) is 18.1 Å². The first-order valence-corrected chi connectivity index (χ1v) is 8.19. The van der Waals surface area contributed by atoms with Gasteiger partial charge in [-0.1, -0.05) is 12.1 Å². The lowest BCUT2D eigenvalue weighted by Crippen LogP contribution is -2.11. The van der Waals surface area contributed by atoms with E-state index < -0.39 is 9.84 Å². The van der Waals surface area contributed by atoms with Gasteiger partial charge in [0.15, 0.2) is 0 Å². The van der Waals surface area contributed by atoms with Crippen LogP contribution < -0.4 is 9.47 Å².